The van der Waals surface area contributed by atoms with Gasteiger partial charge in [-0.3, -0.25) is 9.78 Å². The second kappa shape index (κ2) is 5.43. The van der Waals surface area contributed by atoms with Crippen LogP contribution < -0.4 is 10.2 Å². The smallest absolute Gasteiger partial charge is 0.259 e. The minimum atomic E-state index is -0.240. The molecule has 0 bridgehead atoms. The van der Waals surface area contributed by atoms with Crippen molar-refractivity contribution in [3.05, 3.63) is 42.0 Å². The Balaban J connectivity index is 2.20. The van der Waals surface area contributed by atoms with Crippen LogP contribution in [0.25, 0.3) is 0 Å². The summed E-state index contributed by atoms with van der Waals surface area (Å²) >= 11 is 0. The molecule has 0 aromatic carbocycles. The van der Waals surface area contributed by atoms with Gasteiger partial charge in [-0.25, -0.2) is 9.97 Å². The number of carbonyl (C=O) groups excluding carboxylic acids is 1. The van der Waals surface area contributed by atoms with E-state index in [-0.39, 0.29) is 5.91 Å². The highest BCUT2D eigenvalue weighted by molar-refractivity contribution is 6.04. The second-order valence-electron chi connectivity index (χ2n) is 4.26. The zero-order valence-corrected chi connectivity index (χ0v) is 11.1. The summed E-state index contributed by atoms with van der Waals surface area (Å²) in [5, 5.41) is 2.75. The zero-order valence-electron chi connectivity index (χ0n) is 11.1. The number of carbonyl (C=O) groups is 1. The van der Waals surface area contributed by atoms with E-state index in [4.69, 9.17) is 0 Å². The number of hydrogen-bond acceptors (Lipinski definition) is 5. The lowest BCUT2D eigenvalue weighted by Crippen LogP contribution is -2.18. The van der Waals surface area contributed by atoms with Crippen molar-refractivity contribution in [3.8, 4) is 0 Å². The molecular weight excluding hydrogens is 242 g/mol. The number of aromatic nitrogens is 3. The molecule has 0 aliphatic rings. The highest BCUT2D eigenvalue weighted by Gasteiger charge is 2.12. The Morgan fingerprint density at radius 2 is 2.11 bits per heavy atom. The monoisotopic (exact) mass is 257 g/mol. The van der Waals surface area contributed by atoms with E-state index >= 15 is 0 Å². The van der Waals surface area contributed by atoms with Crippen LogP contribution in [0.4, 0.5) is 11.6 Å². The summed E-state index contributed by atoms with van der Waals surface area (Å²) in [6.45, 7) is 1.78. The normalized spacial score (nSPS) is 10.1. The molecule has 0 radical (unpaired) electrons. The predicted octanol–water partition coefficient (Wildman–Crippen LogP) is 1.50. The summed E-state index contributed by atoms with van der Waals surface area (Å²) in [7, 11) is 3.70. The van der Waals surface area contributed by atoms with E-state index < -0.39 is 0 Å². The van der Waals surface area contributed by atoms with E-state index in [1.165, 1.54) is 6.20 Å². The van der Waals surface area contributed by atoms with Gasteiger partial charge in [0.15, 0.2) is 0 Å². The summed E-state index contributed by atoms with van der Waals surface area (Å²) in [6.07, 6.45) is 4.77. The Labute approximate surface area is 111 Å². The first kappa shape index (κ1) is 12.9. The zero-order chi connectivity index (χ0) is 13.8. The van der Waals surface area contributed by atoms with E-state index in [0.717, 1.165) is 0 Å². The summed E-state index contributed by atoms with van der Waals surface area (Å²) < 4.78 is 0. The van der Waals surface area contributed by atoms with Crippen molar-refractivity contribution in [1.29, 1.82) is 0 Å². The molecule has 0 atom stereocenters. The van der Waals surface area contributed by atoms with E-state index in [9.17, 15) is 4.79 Å². The van der Waals surface area contributed by atoms with Gasteiger partial charge in [0.1, 0.15) is 0 Å². The van der Waals surface area contributed by atoms with Crippen LogP contribution >= 0.6 is 0 Å². The van der Waals surface area contributed by atoms with Crippen LogP contribution in [-0.2, 0) is 0 Å². The van der Waals surface area contributed by atoms with Crippen molar-refractivity contribution >= 4 is 17.5 Å². The summed E-state index contributed by atoms with van der Waals surface area (Å²) in [5.74, 6) is 0.339. The van der Waals surface area contributed by atoms with Gasteiger partial charge >= 0.3 is 0 Å². The van der Waals surface area contributed by atoms with E-state index in [2.05, 4.69) is 20.3 Å². The van der Waals surface area contributed by atoms with Gasteiger partial charge in [-0.2, -0.15) is 0 Å². The Morgan fingerprint density at radius 3 is 2.68 bits per heavy atom. The van der Waals surface area contributed by atoms with E-state index in [1.807, 2.05) is 14.1 Å². The lowest BCUT2D eigenvalue weighted by molar-refractivity contribution is 0.102. The third kappa shape index (κ3) is 3.04. The molecule has 2 heterocycles. The van der Waals surface area contributed by atoms with Gasteiger partial charge in [-0.05, 0) is 19.1 Å². The van der Waals surface area contributed by atoms with E-state index in [0.29, 0.717) is 22.9 Å². The maximum absolute atomic E-state index is 12.1. The van der Waals surface area contributed by atoms with Gasteiger partial charge in [-0.1, -0.05) is 0 Å². The van der Waals surface area contributed by atoms with Crippen LogP contribution in [0, 0.1) is 6.92 Å². The Morgan fingerprint density at radius 1 is 1.32 bits per heavy atom. The topological polar surface area (TPSA) is 71.0 Å². The van der Waals surface area contributed by atoms with Crippen LogP contribution in [0.5, 0.6) is 0 Å². The molecule has 0 fully saturated rings. The predicted molar refractivity (Wildman–Crippen MR) is 73.3 cm³/mol. The number of nitrogens with zero attached hydrogens (tertiary/aromatic N) is 4. The standard InChI is InChI=1S/C13H15N5O/c1-9-11(8-15-13(16-9)18(2)3)12(19)17-10-5-4-6-14-7-10/h4-8H,1-3H3,(H,17,19). The molecule has 0 aliphatic heterocycles. The van der Waals surface area contributed by atoms with Crippen molar-refractivity contribution in [2.75, 3.05) is 24.3 Å². The van der Waals surface area contributed by atoms with Gasteiger partial charge in [0.2, 0.25) is 5.95 Å². The van der Waals surface area contributed by atoms with Crippen molar-refractivity contribution in [3.63, 3.8) is 0 Å². The van der Waals surface area contributed by atoms with Gasteiger partial charge in [0.05, 0.1) is 23.1 Å². The third-order valence-corrected chi connectivity index (χ3v) is 2.53. The fourth-order valence-electron chi connectivity index (χ4n) is 1.53. The van der Waals surface area contributed by atoms with Gasteiger partial charge in [0.25, 0.3) is 5.91 Å². The summed E-state index contributed by atoms with van der Waals surface area (Å²) in [6, 6.07) is 3.53. The Hall–Kier alpha value is -2.50. The molecule has 1 amide bonds. The van der Waals surface area contributed by atoms with Gasteiger partial charge in [0, 0.05) is 26.5 Å². The molecule has 0 unspecified atom stereocenters. The number of amides is 1. The minimum absolute atomic E-state index is 0.240. The molecule has 1 N–H and O–H groups in total. The number of hydrogen-bond donors (Lipinski definition) is 1. The number of nitrogens with one attached hydrogen (secondary N) is 1. The fraction of sp³-hybridized carbons (Fsp3) is 0.231. The summed E-state index contributed by atoms with van der Waals surface area (Å²) in [5.41, 5.74) is 1.73. The molecule has 6 heteroatoms. The maximum Gasteiger partial charge on any atom is 0.259 e. The van der Waals surface area contributed by atoms with Crippen LogP contribution in [0.3, 0.4) is 0 Å². The van der Waals surface area contributed by atoms with Crippen molar-refractivity contribution in [2.45, 2.75) is 6.92 Å². The molecule has 0 saturated heterocycles. The highest BCUT2D eigenvalue weighted by atomic mass is 16.1. The van der Waals surface area contributed by atoms with Gasteiger partial charge < -0.3 is 10.2 Å². The molecule has 2 rings (SSSR count). The van der Waals surface area contributed by atoms with Crippen LogP contribution in [-0.4, -0.2) is 35.0 Å². The molecule has 98 valence electrons. The molecular formula is C13H15N5O. The third-order valence-electron chi connectivity index (χ3n) is 2.53. The van der Waals surface area contributed by atoms with Crippen LogP contribution in [0.1, 0.15) is 16.1 Å². The maximum atomic E-state index is 12.1. The molecule has 0 saturated carbocycles. The molecule has 0 aliphatic carbocycles. The molecule has 19 heavy (non-hydrogen) atoms. The summed E-state index contributed by atoms with van der Waals surface area (Å²) in [4.78, 5) is 26.2. The number of pyridine rings is 1. The fourth-order valence-corrected chi connectivity index (χ4v) is 1.53. The molecule has 6 nitrogen and oxygen atoms in total. The average molecular weight is 257 g/mol. The number of rotatable bonds is 3. The number of anilines is 2. The van der Waals surface area contributed by atoms with Crippen molar-refractivity contribution < 1.29 is 4.79 Å². The molecule has 2 aromatic rings. The van der Waals surface area contributed by atoms with E-state index in [1.54, 1.807) is 36.4 Å². The lowest BCUT2D eigenvalue weighted by atomic mass is 10.2. The lowest BCUT2D eigenvalue weighted by Gasteiger charge is -2.12. The Kier molecular flexibility index (Phi) is 3.70. The van der Waals surface area contributed by atoms with Crippen molar-refractivity contribution in [2.24, 2.45) is 0 Å². The highest BCUT2D eigenvalue weighted by Crippen LogP contribution is 2.11. The minimum Gasteiger partial charge on any atom is -0.347 e. The molecule has 0 spiro atoms. The Bertz CT molecular complexity index is 583. The van der Waals surface area contributed by atoms with Crippen LogP contribution in [0.15, 0.2) is 30.7 Å². The SMILES string of the molecule is Cc1nc(N(C)C)ncc1C(=O)Nc1cccnc1. The quantitative estimate of drug-likeness (QED) is 0.902. The first-order valence-electron chi connectivity index (χ1n) is 5.80. The van der Waals surface area contributed by atoms with Crippen molar-refractivity contribution in [1.82, 2.24) is 15.0 Å². The largest absolute Gasteiger partial charge is 0.347 e. The van der Waals surface area contributed by atoms with Crippen LogP contribution in [0.2, 0.25) is 0 Å². The van der Waals surface area contributed by atoms with Gasteiger partial charge in [-0.15, -0.1) is 0 Å². The second-order valence-corrected chi connectivity index (χ2v) is 4.26. The first-order chi connectivity index (χ1) is 9.08. The first-order valence-corrected chi connectivity index (χ1v) is 5.80. The number of aryl methyl sites for hydroxylation is 1. The average Bonchev–Trinajstić information content (AvgIpc) is 2.39. The molecule has 2 aromatic heterocycles.